The van der Waals surface area contributed by atoms with Crippen LogP contribution in [-0.4, -0.2) is 29.1 Å². The third kappa shape index (κ3) is 1.91. The van der Waals surface area contributed by atoms with E-state index in [9.17, 15) is 4.79 Å². The highest BCUT2D eigenvalue weighted by Crippen LogP contribution is 2.36. The van der Waals surface area contributed by atoms with Crippen molar-refractivity contribution in [2.75, 3.05) is 13.1 Å². The summed E-state index contributed by atoms with van der Waals surface area (Å²) in [7, 11) is 0. The van der Waals surface area contributed by atoms with Crippen LogP contribution in [0.2, 0.25) is 0 Å². The van der Waals surface area contributed by atoms with Crippen molar-refractivity contribution in [1.29, 1.82) is 0 Å². The zero-order valence-corrected chi connectivity index (χ0v) is 10.4. The number of hydrogen-bond donors (Lipinski definition) is 2. The van der Waals surface area contributed by atoms with Gasteiger partial charge in [-0.25, -0.2) is 5.48 Å². The molecule has 96 valence electrons. The van der Waals surface area contributed by atoms with Gasteiger partial charge in [0.05, 0.1) is 0 Å². The first kappa shape index (κ1) is 11.7. The molecule has 0 unspecified atom stereocenters. The van der Waals surface area contributed by atoms with Crippen LogP contribution in [0.3, 0.4) is 0 Å². The molecule has 1 fully saturated rings. The van der Waals surface area contributed by atoms with Crippen molar-refractivity contribution < 1.29 is 10.0 Å². The zero-order valence-electron chi connectivity index (χ0n) is 10.4. The molecule has 2 heterocycles. The quantitative estimate of drug-likeness (QED) is 0.587. The Bertz CT molecular complexity index is 473. The van der Waals surface area contributed by atoms with Crippen LogP contribution in [0.5, 0.6) is 0 Å². The van der Waals surface area contributed by atoms with Gasteiger partial charge in [-0.3, -0.25) is 14.9 Å². The molecular weight excluding hydrogens is 228 g/mol. The summed E-state index contributed by atoms with van der Waals surface area (Å²) in [5.41, 5.74) is 4.87. The lowest BCUT2D eigenvalue weighted by Crippen LogP contribution is -2.38. The molecule has 1 saturated heterocycles. The average Bonchev–Trinajstić information content (AvgIpc) is 2.45. The summed E-state index contributed by atoms with van der Waals surface area (Å²) in [5, 5.41) is 8.67. The van der Waals surface area contributed by atoms with E-state index in [1.165, 1.54) is 36.9 Å². The van der Waals surface area contributed by atoms with Crippen LogP contribution in [0, 0.1) is 0 Å². The summed E-state index contributed by atoms with van der Waals surface area (Å²) < 4.78 is 0. The van der Waals surface area contributed by atoms with Gasteiger partial charge in [-0.05, 0) is 49.1 Å². The van der Waals surface area contributed by atoms with Gasteiger partial charge in [-0.2, -0.15) is 0 Å². The molecule has 0 radical (unpaired) electrons. The number of carbonyl (C=O) groups excluding carboxylic acids is 1. The Labute approximate surface area is 107 Å². The molecule has 4 heteroatoms. The second-order valence-electron chi connectivity index (χ2n) is 5.15. The van der Waals surface area contributed by atoms with Gasteiger partial charge in [0.25, 0.3) is 5.91 Å². The standard InChI is InChI=1S/C14H18N2O2/c17-14(15-18)11-4-5-12-10(9-11)6-8-16-7-2-1-3-13(12)16/h4-5,9,13,18H,1-3,6-8H2,(H,15,17)/t13-/m0/s1. The minimum Gasteiger partial charge on any atom is -0.296 e. The van der Waals surface area contributed by atoms with E-state index >= 15 is 0 Å². The number of rotatable bonds is 1. The number of carbonyl (C=O) groups is 1. The summed E-state index contributed by atoms with van der Waals surface area (Å²) >= 11 is 0. The van der Waals surface area contributed by atoms with Crippen molar-refractivity contribution in [2.45, 2.75) is 31.7 Å². The van der Waals surface area contributed by atoms with Crippen molar-refractivity contribution in [3.05, 3.63) is 34.9 Å². The van der Waals surface area contributed by atoms with Gasteiger partial charge >= 0.3 is 0 Å². The van der Waals surface area contributed by atoms with E-state index in [1.54, 1.807) is 5.48 Å². The molecule has 18 heavy (non-hydrogen) atoms. The maximum Gasteiger partial charge on any atom is 0.274 e. The monoisotopic (exact) mass is 246 g/mol. The van der Waals surface area contributed by atoms with Gasteiger partial charge in [0, 0.05) is 18.2 Å². The van der Waals surface area contributed by atoms with E-state index in [2.05, 4.69) is 11.0 Å². The van der Waals surface area contributed by atoms with Crippen LogP contribution < -0.4 is 5.48 Å². The summed E-state index contributed by atoms with van der Waals surface area (Å²) in [4.78, 5) is 14.0. The molecule has 2 N–H and O–H groups in total. The van der Waals surface area contributed by atoms with E-state index in [0.29, 0.717) is 11.6 Å². The molecule has 1 aromatic rings. The van der Waals surface area contributed by atoms with Gasteiger partial charge < -0.3 is 0 Å². The minimum atomic E-state index is -0.427. The zero-order chi connectivity index (χ0) is 12.5. The van der Waals surface area contributed by atoms with Crippen molar-refractivity contribution in [2.24, 2.45) is 0 Å². The molecule has 0 aromatic heterocycles. The molecule has 2 aliphatic heterocycles. The van der Waals surface area contributed by atoms with Crippen LogP contribution >= 0.6 is 0 Å². The molecule has 2 aliphatic rings. The Hall–Kier alpha value is -1.39. The van der Waals surface area contributed by atoms with Crippen LogP contribution in [0.1, 0.15) is 46.8 Å². The molecule has 3 rings (SSSR count). The maximum atomic E-state index is 11.4. The van der Waals surface area contributed by atoms with Crippen molar-refractivity contribution >= 4 is 5.91 Å². The minimum absolute atomic E-state index is 0.427. The van der Waals surface area contributed by atoms with E-state index in [-0.39, 0.29) is 0 Å². The molecule has 0 aliphatic carbocycles. The summed E-state index contributed by atoms with van der Waals surface area (Å²) in [6.07, 6.45) is 4.81. The third-order valence-electron chi connectivity index (χ3n) is 4.15. The normalized spacial score (nSPS) is 23.1. The van der Waals surface area contributed by atoms with Crippen molar-refractivity contribution in [3.8, 4) is 0 Å². The van der Waals surface area contributed by atoms with Crippen LogP contribution in [0.15, 0.2) is 18.2 Å². The van der Waals surface area contributed by atoms with Crippen LogP contribution in [0.4, 0.5) is 0 Å². The summed E-state index contributed by atoms with van der Waals surface area (Å²) in [6.45, 7) is 2.28. The van der Waals surface area contributed by atoms with Crippen molar-refractivity contribution in [1.82, 2.24) is 10.4 Å². The lowest BCUT2D eigenvalue weighted by molar-refractivity contribution is 0.0706. The van der Waals surface area contributed by atoms with Gasteiger partial charge in [0.1, 0.15) is 0 Å². The largest absolute Gasteiger partial charge is 0.296 e. The molecule has 1 aromatic carbocycles. The first-order valence-electron chi connectivity index (χ1n) is 6.61. The second kappa shape index (κ2) is 4.71. The highest BCUT2D eigenvalue weighted by molar-refractivity contribution is 5.93. The van der Waals surface area contributed by atoms with E-state index in [0.717, 1.165) is 13.0 Å². The highest BCUT2D eigenvalue weighted by Gasteiger charge is 2.29. The Morgan fingerprint density at radius 3 is 3.06 bits per heavy atom. The van der Waals surface area contributed by atoms with E-state index in [1.807, 2.05) is 12.1 Å². The fourth-order valence-electron chi connectivity index (χ4n) is 3.23. The number of piperidine rings is 1. The second-order valence-corrected chi connectivity index (χ2v) is 5.15. The number of benzene rings is 1. The van der Waals surface area contributed by atoms with Crippen molar-refractivity contribution in [3.63, 3.8) is 0 Å². The highest BCUT2D eigenvalue weighted by atomic mass is 16.5. The van der Waals surface area contributed by atoms with E-state index in [4.69, 9.17) is 5.21 Å². The summed E-state index contributed by atoms with van der Waals surface area (Å²) in [6, 6.07) is 6.32. The molecule has 4 nitrogen and oxygen atoms in total. The Morgan fingerprint density at radius 2 is 2.22 bits per heavy atom. The van der Waals surface area contributed by atoms with E-state index < -0.39 is 5.91 Å². The van der Waals surface area contributed by atoms with Gasteiger partial charge in [0.2, 0.25) is 0 Å². The Kier molecular flexibility index (Phi) is 3.06. The number of hydroxylamine groups is 1. The Morgan fingerprint density at radius 1 is 1.33 bits per heavy atom. The molecule has 1 amide bonds. The van der Waals surface area contributed by atoms with Gasteiger partial charge in [0.15, 0.2) is 0 Å². The summed E-state index contributed by atoms with van der Waals surface area (Å²) in [5.74, 6) is -0.427. The fourth-order valence-corrected chi connectivity index (χ4v) is 3.23. The SMILES string of the molecule is O=C(NO)c1ccc2c(c1)CCN1CCCC[C@@H]21. The lowest BCUT2D eigenvalue weighted by atomic mass is 9.86. The topological polar surface area (TPSA) is 52.6 Å². The average molecular weight is 246 g/mol. The number of nitrogens with one attached hydrogen (secondary N) is 1. The Balaban J connectivity index is 1.93. The number of amides is 1. The molecular formula is C14H18N2O2. The number of hydrogen-bond acceptors (Lipinski definition) is 3. The van der Waals surface area contributed by atoms with Crippen LogP contribution in [0.25, 0.3) is 0 Å². The number of fused-ring (bicyclic) bond motifs is 3. The third-order valence-corrected chi connectivity index (χ3v) is 4.15. The lowest BCUT2D eigenvalue weighted by Gasteiger charge is -2.40. The predicted octanol–water partition coefficient (Wildman–Crippen LogP) is 1.89. The predicted molar refractivity (Wildman–Crippen MR) is 67.6 cm³/mol. The van der Waals surface area contributed by atoms with Crippen LogP contribution in [-0.2, 0) is 6.42 Å². The van der Waals surface area contributed by atoms with Gasteiger partial charge in [-0.15, -0.1) is 0 Å². The maximum absolute atomic E-state index is 11.4. The fraction of sp³-hybridized carbons (Fsp3) is 0.500. The molecule has 0 spiro atoms. The number of nitrogens with zero attached hydrogens (tertiary/aromatic N) is 1. The smallest absolute Gasteiger partial charge is 0.274 e. The molecule has 0 bridgehead atoms. The first-order chi connectivity index (χ1) is 8.79. The van der Waals surface area contributed by atoms with Gasteiger partial charge in [-0.1, -0.05) is 12.5 Å². The molecule has 1 atom stereocenters. The first-order valence-corrected chi connectivity index (χ1v) is 6.61. The molecule has 0 saturated carbocycles.